The van der Waals surface area contributed by atoms with Gasteiger partial charge in [-0.2, -0.15) is 0 Å². The zero-order valence-corrected chi connectivity index (χ0v) is 16.8. The van der Waals surface area contributed by atoms with Crippen LogP contribution in [0.25, 0.3) is 0 Å². The Hall–Kier alpha value is -2.94. The summed E-state index contributed by atoms with van der Waals surface area (Å²) in [5.74, 6) is -2.95. The Bertz CT molecular complexity index is 708. The van der Waals surface area contributed by atoms with Crippen LogP contribution in [0, 0.1) is 5.92 Å². The molecule has 160 valence electrons. The van der Waals surface area contributed by atoms with E-state index < -0.39 is 41.8 Å². The zero-order valence-electron chi connectivity index (χ0n) is 16.8. The summed E-state index contributed by atoms with van der Waals surface area (Å²) >= 11 is 0. The first kappa shape index (κ1) is 24.1. The van der Waals surface area contributed by atoms with Crippen molar-refractivity contribution in [1.29, 1.82) is 0 Å². The fraction of sp³-hybridized carbons (Fsp3) is 0.500. The van der Waals surface area contributed by atoms with Crippen molar-refractivity contribution in [2.45, 2.75) is 57.7 Å². The van der Waals surface area contributed by atoms with Gasteiger partial charge in [0.1, 0.15) is 12.1 Å². The van der Waals surface area contributed by atoms with Gasteiger partial charge in [-0.05, 0) is 24.3 Å². The van der Waals surface area contributed by atoms with Gasteiger partial charge in [0, 0.05) is 12.8 Å². The van der Waals surface area contributed by atoms with Gasteiger partial charge in [-0.15, -0.1) is 0 Å². The van der Waals surface area contributed by atoms with Gasteiger partial charge in [0.05, 0.1) is 6.04 Å². The molecule has 3 amide bonds. The SMILES string of the molecule is CC(C)C[C@@H](N[C@@H](CCC(N)=O)C(=O)O)C(=O)N[C@@H](Cc1ccccc1)C(N)=O. The van der Waals surface area contributed by atoms with Crippen molar-refractivity contribution in [1.82, 2.24) is 10.6 Å². The van der Waals surface area contributed by atoms with Crippen molar-refractivity contribution in [2.75, 3.05) is 0 Å². The molecule has 0 fully saturated rings. The quantitative estimate of drug-likeness (QED) is 0.307. The van der Waals surface area contributed by atoms with Crippen LogP contribution in [-0.2, 0) is 25.6 Å². The van der Waals surface area contributed by atoms with Crippen molar-refractivity contribution in [3.63, 3.8) is 0 Å². The molecule has 0 heterocycles. The summed E-state index contributed by atoms with van der Waals surface area (Å²) in [7, 11) is 0. The smallest absolute Gasteiger partial charge is 0.320 e. The van der Waals surface area contributed by atoms with E-state index in [2.05, 4.69) is 10.6 Å². The number of aliphatic carboxylic acids is 1. The number of primary amides is 2. The number of carbonyl (C=O) groups excluding carboxylic acids is 3. The number of carboxylic acid groups (broad SMARTS) is 1. The molecular formula is C20H30N4O5. The monoisotopic (exact) mass is 406 g/mol. The molecule has 7 N–H and O–H groups in total. The van der Waals surface area contributed by atoms with Gasteiger partial charge in [0.15, 0.2) is 0 Å². The molecule has 1 rings (SSSR count). The lowest BCUT2D eigenvalue weighted by atomic mass is 9.99. The first-order valence-electron chi connectivity index (χ1n) is 9.50. The molecule has 0 bridgehead atoms. The third-order valence-electron chi connectivity index (χ3n) is 4.35. The lowest BCUT2D eigenvalue weighted by Gasteiger charge is -2.26. The van der Waals surface area contributed by atoms with Crippen LogP contribution in [0.5, 0.6) is 0 Å². The first-order chi connectivity index (χ1) is 13.6. The number of benzene rings is 1. The Morgan fingerprint density at radius 3 is 2.10 bits per heavy atom. The minimum Gasteiger partial charge on any atom is -0.480 e. The lowest BCUT2D eigenvalue weighted by Crippen LogP contribution is -2.56. The van der Waals surface area contributed by atoms with E-state index in [0.29, 0.717) is 6.42 Å². The van der Waals surface area contributed by atoms with Crippen molar-refractivity contribution in [3.05, 3.63) is 35.9 Å². The molecule has 3 atom stereocenters. The van der Waals surface area contributed by atoms with Crippen molar-refractivity contribution in [2.24, 2.45) is 17.4 Å². The van der Waals surface area contributed by atoms with Gasteiger partial charge in [-0.1, -0.05) is 44.2 Å². The molecule has 0 spiro atoms. The molecule has 9 nitrogen and oxygen atoms in total. The predicted octanol–water partition coefficient (Wildman–Crippen LogP) is -0.0778. The molecule has 0 radical (unpaired) electrons. The van der Waals surface area contributed by atoms with Crippen LogP contribution in [0.3, 0.4) is 0 Å². The summed E-state index contributed by atoms with van der Waals surface area (Å²) < 4.78 is 0. The molecule has 0 aliphatic carbocycles. The Balaban J connectivity index is 2.90. The summed E-state index contributed by atoms with van der Waals surface area (Å²) in [6, 6.07) is 6.16. The minimum absolute atomic E-state index is 0.0458. The van der Waals surface area contributed by atoms with E-state index in [0.717, 1.165) is 5.56 Å². The first-order valence-corrected chi connectivity index (χ1v) is 9.50. The fourth-order valence-electron chi connectivity index (χ4n) is 2.87. The maximum Gasteiger partial charge on any atom is 0.320 e. The normalized spacial score (nSPS) is 14.0. The van der Waals surface area contributed by atoms with Crippen LogP contribution < -0.4 is 22.1 Å². The summed E-state index contributed by atoms with van der Waals surface area (Å²) in [6.07, 6.45) is 0.386. The number of nitrogens with two attached hydrogens (primary N) is 2. The number of carboxylic acids is 1. The fourth-order valence-corrected chi connectivity index (χ4v) is 2.87. The standard InChI is InChI=1S/C20H30N4O5/c1-12(2)10-16(23-14(20(28)29)8-9-17(21)25)19(27)24-15(18(22)26)11-13-6-4-3-5-7-13/h3-7,12,14-16,23H,8-11H2,1-2H3,(H2,21,25)(H2,22,26)(H,24,27)(H,28,29)/t14-,15-,16+/m0/s1. The van der Waals surface area contributed by atoms with Gasteiger partial charge in [0.25, 0.3) is 0 Å². The third-order valence-corrected chi connectivity index (χ3v) is 4.35. The molecule has 0 aliphatic rings. The van der Waals surface area contributed by atoms with Gasteiger partial charge in [-0.25, -0.2) is 0 Å². The van der Waals surface area contributed by atoms with Crippen LogP contribution in [0.1, 0.15) is 38.7 Å². The van der Waals surface area contributed by atoms with Gasteiger partial charge in [-0.3, -0.25) is 24.5 Å². The third kappa shape index (κ3) is 9.20. The van der Waals surface area contributed by atoms with E-state index in [9.17, 15) is 24.3 Å². The van der Waals surface area contributed by atoms with E-state index in [1.807, 2.05) is 44.2 Å². The maximum absolute atomic E-state index is 12.8. The Labute approximate surface area is 170 Å². The predicted molar refractivity (Wildman–Crippen MR) is 108 cm³/mol. The average Bonchev–Trinajstić information content (AvgIpc) is 2.63. The molecule has 0 saturated heterocycles. The van der Waals surface area contributed by atoms with Crippen LogP contribution in [0.4, 0.5) is 0 Å². The summed E-state index contributed by atoms with van der Waals surface area (Å²) in [4.78, 5) is 47.1. The second-order valence-electron chi connectivity index (χ2n) is 7.40. The van der Waals surface area contributed by atoms with E-state index in [1.54, 1.807) is 0 Å². The number of rotatable bonds is 13. The van der Waals surface area contributed by atoms with Crippen molar-refractivity contribution < 1.29 is 24.3 Å². The molecule has 0 aliphatic heterocycles. The highest BCUT2D eigenvalue weighted by Crippen LogP contribution is 2.10. The topological polar surface area (TPSA) is 165 Å². The van der Waals surface area contributed by atoms with Crippen molar-refractivity contribution >= 4 is 23.7 Å². The molecule has 1 aromatic rings. The van der Waals surface area contributed by atoms with Crippen LogP contribution in [0.15, 0.2) is 30.3 Å². The molecule has 0 unspecified atom stereocenters. The van der Waals surface area contributed by atoms with Gasteiger partial charge < -0.3 is 21.9 Å². The van der Waals surface area contributed by atoms with Crippen LogP contribution in [0.2, 0.25) is 0 Å². The van der Waals surface area contributed by atoms with E-state index in [1.165, 1.54) is 0 Å². The second kappa shape index (κ2) is 11.8. The van der Waals surface area contributed by atoms with Gasteiger partial charge in [0.2, 0.25) is 17.7 Å². The number of carbonyl (C=O) groups is 4. The highest BCUT2D eigenvalue weighted by molar-refractivity contribution is 5.89. The Morgan fingerprint density at radius 1 is 1.00 bits per heavy atom. The molecule has 29 heavy (non-hydrogen) atoms. The number of amides is 3. The minimum atomic E-state index is -1.19. The number of nitrogens with one attached hydrogen (secondary N) is 2. The lowest BCUT2D eigenvalue weighted by molar-refractivity contribution is -0.140. The van der Waals surface area contributed by atoms with E-state index >= 15 is 0 Å². The summed E-state index contributed by atoms with van der Waals surface area (Å²) in [5, 5.41) is 14.8. The second-order valence-corrected chi connectivity index (χ2v) is 7.40. The van der Waals surface area contributed by atoms with E-state index in [4.69, 9.17) is 11.5 Å². The average molecular weight is 406 g/mol. The number of hydrogen-bond acceptors (Lipinski definition) is 5. The molecule has 0 saturated carbocycles. The summed E-state index contributed by atoms with van der Waals surface area (Å²) in [6.45, 7) is 3.77. The molecule has 9 heteroatoms. The Kier molecular flexibility index (Phi) is 9.81. The van der Waals surface area contributed by atoms with Crippen molar-refractivity contribution in [3.8, 4) is 0 Å². The summed E-state index contributed by atoms with van der Waals surface area (Å²) in [5.41, 5.74) is 11.4. The Morgan fingerprint density at radius 2 is 1.62 bits per heavy atom. The molecular weight excluding hydrogens is 376 g/mol. The van der Waals surface area contributed by atoms with Gasteiger partial charge >= 0.3 is 5.97 Å². The largest absolute Gasteiger partial charge is 0.480 e. The maximum atomic E-state index is 12.8. The van der Waals surface area contributed by atoms with E-state index in [-0.39, 0.29) is 25.2 Å². The highest BCUT2D eigenvalue weighted by atomic mass is 16.4. The molecule has 1 aromatic carbocycles. The highest BCUT2D eigenvalue weighted by Gasteiger charge is 2.29. The zero-order chi connectivity index (χ0) is 22.0. The number of hydrogen-bond donors (Lipinski definition) is 5. The van der Waals surface area contributed by atoms with Crippen LogP contribution in [-0.4, -0.2) is 46.9 Å². The van der Waals surface area contributed by atoms with Crippen LogP contribution >= 0.6 is 0 Å². The molecule has 0 aromatic heterocycles.